The van der Waals surface area contributed by atoms with E-state index in [-0.39, 0.29) is 49.5 Å². The van der Waals surface area contributed by atoms with E-state index in [4.69, 9.17) is 28.7 Å². The van der Waals surface area contributed by atoms with Crippen molar-refractivity contribution >= 4 is 86.6 Å². The second kappa shape index (κ2) is 29.5. The summed E-state index contributed by atoms with van der Waals surface area (Å²) in [5, 5.41) is 27.7. The number of aromatic hydroxyl groups is 1. The van der Waals surface area contributed by atoms with Gasteiger partial charge in [-0.2, -0.15) is 0 Å². The van der Waals surface area contributed by atoms with Crippen LogP contribution < -0.4 is 65.9 Å². The van der Waals surface area contributed by atoms with Crippen molar-refractivity contribution in [2.45, 2.75) is 113 Å². The first kappa shape index (κ1) is 58.6. The normalized spacial score (nSPS) is 23.0. The summed E-state index contributed by atoms with van der Waals surface area (Å²) in [6.45, 7) is -0.147. The molecular weight excluding hydrogens is 991 g/mol. The monoisotopic (exact) mass is 1060 g/mol. The molecule has 4 rings (SSSR count). The van der Waals surface area contributed by atoms with Crippen LogP contribution in [0.5, 0.6) is 5.75 Å². The fourth-order valence-electron chi connectivity index (χ4n) is 7.79. The zero-order valence-corrected chi connectivity index (χ0v) is 41.6. The van der Waals surface area contributed by atoms with E-state index in [2.05, 4.69) is 37.2 Å². The number of hydrogen-bond donors (Lipinski definition) is 13. The molecule has 2 fully saturated rings. The van der Waals surface area contributed by atoms with Gasteiger partial charge >= 0.3 is 0 Å². The zero-order valence-electron chi connectivity index (χ0n) is 40.0. The molecule has 25 nitrogen and oxygen atoms in total. The first-order chi connectivity index (χ1) is 34.8. The zero-order chi connectivity index (χ0) is 53.6. The fraction of sp³-hybridized carbons (Fsp3) is 0.500. The number of nitrogens with one attached hydrogen (secondary N) is 7. The van der Waals surface area contributed by atoms with Crippen LogP contribution in [0.1, 0.15) is 62.5 Å². The molecule has 2 heterocycles. The van der Waals surface area contributed by atoms with Crippen LogP contribution in [0.15, 0.2) is 54.6 Å². The summed E-state index contributed by atoms with van der Waals surface area (Å²) in [5.41, 5.74) is 29.2. The number of rotatable bonds is 19. The smallest absolute Gasteiger partial charge is 0.246 e. The average molecular weight is 1060 g/mol. The van der Waals surface area contributed by atoms with Crippen molar-refractivity contribution in [3.8, 4) is 5.75 Å². The predicted molar refractivity (Wildman–Crippen MR) is 269 cm³/mol. The first-order valence-electron chi connectivity index (χ1n) is 23.5. The van der Waals surface area contributed by atoms with Crippen LogP contribution in [0.25, 0.3) is 0 Å². The molecule has 11 amide bonds. The molecule has 2 saturated heterocycles. The topological polar surface area (TPSA) is 426 Å². The van der Waals surface area contributed by atoms with E-state index >= 15 is 0 Å². The number of nitrogens with two attached hydrogens (primary N) is 5. The molecule has 0 bridgehead atoms. The molecule has 0 aliphatic carbocycles. The molecular formula is C46H65N13O12S2. The third kappa shape index (κ3) is 19.5. The molecule has 2 aliphatic heterocycles. The van der Waals surface area contributed by atoms with Crippen molar-refractivity contribution in [3.05, 3.63) is 65.7 Å². The standard InChI is InChI=1S/C46H65N13O12S2/c47-17-5-4-9-29(40(65)52-22-38(51)63)54-45(70)35-10-6-18-59(35)46(71)34-24-73-72-23-28(48)39(64)55-31(20-26-11-13-27(60)14-12-26)43(68)56-32(19-25-7-2-1-3-8-25)42(67)53-30(15-16-36(49)61)41(66)57-33(21-37(50)62)44(69)58-34/h1-3,7-8,11-14,28-35,60H,4-6,9-10,15-24,47-48H2,(H2,49,61)(H2,50,62)(H2,51,63)(H,52,65)(H,53,67)(H,54,70)(H,55,64)(H,56,68)(H,57,66)(H,58,69)/t28-,29-,30-,31-,32+,33-,34-,35-/m0/s1. The molecule has 398 valence electrons. The van der Waals surface area contributed by atoms with Gasteiger partial charge in [0.05, 0.1) is 19.0 Å². The Morgan fingerprint density at radius 2 is 1.27 bits per heavy atom. The minimum absolute atomic E-state index is 0.0324. The molecule has 8 atom stereocenters. The molecule has 0 aromatic heterocycles. The van der Waals surface area contributed by atoms with Crippen molar-refractivity contribution in [1.82, 2.24) is 42.1 Å². The lowest BCUT2D eigenvalue weighted by Gasteiger charge is -2.31. The molecule has 0 spiro atoms. The van der Waals surface area contributed by atoms with Gasteiger partial charge in [-0.05, 0) is 68.3 Å². The Labute approximate surface area is 428 Å². The molecule has 73 heavy (non-hydrogen) atoms. The van der Waals surface area contributed by atoms with E-state index in [0.29, 0.717) is 36.9 Å². The SMILES string of the molecule is NCCCC[C@H](NC(=O)[C@@H]1CCCN1C(=O)[C@@H]1CSSC[C@H](N)C(=O)N[C@@H](Cc2ccc(O)cc2)C(=O)N[C@H](Cc2ccccc2)C(=O)N[C@@H](CCC(N)=O)C(=O)N[C@@H](CC(N)=O)C(=O)N1)C(=O)NCC(N)=O. The van der Waals surface area contributed by atoms with E-state index in [0.717, 1.165) is 21.6 Å². The third-order valence-electron chi connectivity index (χ3n) is 11.6. The van der Waals surface area contributed by atoms with Crippen LogP contribution in [0, 0.1) is 0 Å². The lowest BCUT2D eigenvalue weighted by molar-refractivity contribution is -0.142. The number of amides is 11. The van der Waals surface area contributed by atoms with Crippen LogP contribution in [0.2, 0.25) is 0 Å². The molecule has 18 N–H and O–H groups in total. The third-order valence-corrected chi connectivity index (χ3v) is 14.1. The predicted octanol–water partition coefficient (Wildman–Crippen LogP) is -4.33. The minimum atomic E-state index is -1.78. The van der Waals surface area contributed by atoms with Crippen molar-refractivity contribution in [2.24, 2.45) is 28.7 Å². The van der Waals surface area contributed by atoms with Gasteiger partial charge in [0.1, 0.15) is 48.0 Å². The maximum absolute atomic E-state index is 14.6. The molecule has 2 aromatic carbocycles. The Bertz CT molecular complexity index is 2300. The van der Waals surface area contributed by atoms with Crippen LogP contribution >= 0.6 is 21.6 Å². The van der Waals surface area contributed by atoms with E-state index in [9.17, 15) is 57.8 Å². The fourth-order valence-corrected chi connectivity index (χ4v) is 10.1. The van der Waals surface area contributed by atoms with Crippen LogP contribution in [0.3, 0.4) is 0 Å². The summed E-state index contributed by atoms with van der Waals surface area (Å²) in [4.78, 5) is 149. The Hall–Kier alpha value is -6.97. The van der Waals surface area contributed by atoms with Crippen LogP contribution in [-0.4, -0.2) is 154 Å². The number of likely N-dealkylation sites (tertiary alicyclic amines) is 1. The van der Waals surface area contributed by atoms with Gasteiger partial charge in [0.25, 0.3) is 0 Å². The second-order valence-corrected chi connectivity index (χ2v) is 20.0. The minimum Gasteiger partial charge on any atom is -0.508 e. The van der Waals surface area contributed by atoms with Gasteiger partial charge in [-0.15, -0.1) is 0 Å². The Morgan fingerprint density at radius 1 is 0.699 bits per heavy atom. The highest BCUT2D eigenvalue weighted by molar-refractivity contribution is 8.76. The average Bonchev–Trinajstić information content (AvgIpc) is 3.85. The maximum Gasteiger partial charge on any atom is 0.246 e. The summed E-state index contributed by atoms with van der Waals surface area (Å²) in [5.74, 6) is -10.0. The van der Waals surface area contributed by atoms with Gasteiger partial charge in [0.2, 0.25) is 65.0 Å². The van der Waals surface area contributed by atoms with Crippen LogP contribution in [-0.2, 0) is 65.6 Å². The lowest BCUT2D eigenvalue weighted by Crippen LogP contribution is -2.61. The van der Waals surface area contributed by atoms with E-state index < -0.39 is 139 Å². The van der Waals surface area contributed by atoms with Gasteiger partial charge in [-0.25, -0.2) is 0 Å². The number of phenols is 1. The number of carbonyl (C=O) groups excluding carboxylic acids is 11. The number of hydrogen-bond acceptors (Lipinski definition) is 16. The van der Waals surface area contributed by atoms with Gasteiger partial charge in [-0.3, -0.25) is 52.7 Å². The quantitative estimate of drug-likeness (QED) is 0.0467. The van der Waals surface area contributed by atoms with E-state index in [1.165, 1.54) is 29.2 Å². The van der Waals surface area contributed by atoms with Crippen molar-refractivity contribution in [2.75, 3.05) is 31.1 Å². The van der Waals surface area contributed by atoms with Crippen molar-refractivity contribution in [1.29, 1.82) is 0 Å². The summed E-state index contributed by atoms with van der Waals surface area (Å²) < 4.78 is 0. The van der Waals surface area contributed by atoms with E-state index in [1.54, 1.807) is 30.3 Å². The second-order valence-electron chi connectivity index (χ2n) is 17.4. The van der Waals surface area contributed by atoms with Crippen molar-refractivity contribution in [3.63, 3.8) is 0 Å². The van der Waals surface area contributed by atoms with Gasteiger partial charge in [-0.1, -0.05) is 64.1 Å². The van der Waals surface area contributed by atoms with Gasteiger partial charge < -0.3 is 75.9 Å². The summed E-state index contributed by atoms with van der Waals surface area (Å²) in [6, 6.07) is 3.09. The maximum atomic E-state index is 14.6. The van der Waals surface area contributed by atoms with Gasteiger partial charge in [0, 0.05) is 37.3 Å². The number of unbranched alkanes of at least 4 members (excludes halogenated alkanes) is 1. The Balaban J connectivity index is 1.71. The highest BCUT2D eigenvalue weighted by Crippen LogP contribution is 2.26. The van der Waals surface area contributed by atoms with Crippen LogP contribution in [0.4, 0.5) is 0 Å². The lowest BCUT2D eigenvalue weighted by atomic mass is 10.0. The largest absolute Gasteiger partial charge is 0.508 e. The highest BCUT2D eigenvalue weighted by Gasteiger charge is 2.40. The van der Waals surface area contributed by atoms with Gasteiger partial charge in [0.15, 0.2) is 0 Å². The highest BCUT2D eigenvalue weighted by atomic mass is 33.1. The molecule has 2 aromatic rings. The molecule has 0 radical (unpaired) electrons. The van der Waals surface area contributed by atoms with Crippen molar-refractivity contribution < 1.29 is 57.8 Å². The summed E-state index contributed by atoms with van der Waals surface area (Å²) in [7, 11) is 2.02. The molecule has 0 saturated carbocycles. The Kier molecular flexibility index (Phi) is 23.7. The number of nitrogens with zero attached hydrogens (tertiary/aromatic N) is 1. The number of carbonyl (C=O) groups is 11. The molecule has 2 aliphatic rings. The Morgan fingerprint density at radius 3 is 1.89 bits per heavy atom. The molecule has 0 unspecified atom stereocenters. The summed E-state index contributed by atoms with van der Waals surface area (Å²) in [6.07, 6.45) is -0.386. The number of benzene rings is 2. The first-order valence-corrected chi connectivity index (χ1v) is 26.0. The number of phenolic OH excluding ortho intramolecular Hbond substituents is 1. The molecule has 27 heteroatoms. The van der Waals surface area contributed by atoms with E-state index in [1.807, 2.05) is 0 Å². The number of primary amides is 3. The summed E-state index contributed by atoms with van der Waals surface area (Å²) >= 11 is 0.